The average molecular weight is 417 g/mol. The lowest BCUT2D eigenvalue weighted by molar-refractivity contribution is 0.265. The van der Waals surface area contributed by atoms with Crippen LogP contribution in [0.2, 0.25) is 0 Å². The van der Waals surface area contributed by atoms with Crippen LogP contribution in [0.4, 0.5) is 10.5 Å². The average Bonchev–Trinajstić information content (AvgIpc) is 3.13. The van der Waals surface area contributed by atoms with Gasteiger partial charge >= 0.3 is 0 Å². The molecule has 0 bridgehead atoms. The van der Waals surface area contributed by atoms with Crippen LogP contribution in [0, 0.1) is 0 Å². The van der Waals surface area contributed by atoms with Gasteiger partial charge < -0.3 is 14.8 Å². The second kappa shape index (κ2) is 9.28. The van der Waals surface area contributed by atoms with Crippen molar-refractivity contribution in [1.82, 2.24) is 10.3 Å². The number of nitrogens with zero attached hydrogens (tertiary/aromatic N) is 2. The van der Waals surface area contributed by atoms with Gasteiger partial charge in [0.25, 0.3) is 5.24 Å². The van der Waals surface area contributed by atoms with E-state index in [0.717, 1.165) is 45.1 Å². The molecule has 0 radical (unpaired) electrons. The van der Waals surface area contributed by atoms with Crippen LogP contribution in [0.5, 0.6) is 11.5 Å². The molecule has 30 heavy (non-hydrogen) atoms. The zero-order chi connectivity index (χ0) is 20.8. The number of pyridine rings is 1. The van der Waals surface area contributed by atoms with Crippen LogP contribution in [0.15, 0.2) is 82.8 Å². The molecule has 150 valence electrons. The first-order chi connectivity index (χ1) is 14.7. The van der Waals surface area contributed by atoms with Crippen LogP contribution >= 0.6 is 11.8 Å². The minimum Gasteiger partial charge on any atom is -0.497 e. The number of carbonyl (C=O) groups is 1. The van der Waals surface area contributed by atoms with E-state index >= 15 is 0 Å². The molecule has 0 atom stereocenters. The number of amidine groups is 1. The van der Waals surface area contributed by atoms with Gasteiger partial charge in [0, 0.05) is 6.20 Å². The summed E-state index contributed by atoms with van der Waals surface area (Å²) in [4.78, 5) is 21.5. The summed E-state index contributed by atoms with van der Waals surface area (Å²) in [6.07, 6.45) is 3.67. The zero-order valence-electron chi connectivity index (χ0n) is 16.2. The molecule has 1 aromatic heterocycles. The fourth-order valence-electron chi connectivity index (χ4n) is 2.75. The summed E-state index contributed by atoms with van der Waals surface area (Å²) in [5.41, 5.74) is 2.55. The van der Waals surface area contributed by atoms with E-state index in [1.807, 2.05) is 72.8 Å². The molecule has 7 heteroatoms. The highest BCUT2D eigenvalue weighted by atomic mass is 32.2. The van der Waals surface area contributed by atoms with Crippen LogP contribution in [-0.4, -0.2) is 23.2 Å². The van der Waals surface area contributed by atoms with Crippen molar-refractivity contribution in [1.29, 1.82) is 0 Å². The van der Waals surface area contributed by atoms with E-state index in [9.17, 15) is 4.79 Å². The number of nitrogens with one attached hydrogen (secondary N) is 1. The number of aromatic nitrogens is 1. The number of rotatable bonds is 6. The first kappa shape index (κ1) is 19.7. The topological polar surface area (TPSA) is 72.8 Å². The number of ether oxygens (including phenoxy) is 2. The summed E-state index contributed by atoms with van der Waals surface area (Å²) in [7, 11) is 1.62. The summed E-state index contributed by atoms with van der Waals surface area (Å²) in [5.74, 6) is 2.04. The second-order valence-electron chi connectivity index (χ2n) is 6.36. The maximum Gasteiger partial charge on any atom is 0.289 e. The molecule has 0 unspecified atom stereocenters. The Hall–Kier alpha value is -3.58. The molecule has 1 aliphatic rings. The number of amides is 1. The molecule has 1 saturated heterocycles. The van der Waals surface area contributed by atoms with E-state index in [1.165, 1.54) is 0 Å². The Labute approximate surface area is 178 Å². The van der Waals surface area contributed by atoms with E-state index in [0.29, 0.717) is 12.4 Å². The van der Waals surface area contributed by atoms with E-state index in [1.54, 1.807) is 13.3 Å². The number of benzene rings is 2. The summed E-state index contributed by atoms with van der Waals surface area (Å²) in [5, 5.41) is 2.64. The van der Waals surface area contributed by atoms with Crippen molar-refractivity contribution in [3.05, 3.63) is 89.1 Å². The lowest BCUT2D eigenvalue weighted by atomic mass is 10.2. The lowest BCUT2D eigenvalue weighted by Gasteiger charge is -2.06. The molecule has 0 spiro atoms. The van der Waals surface area contributed by atoms with E-state index < -0.39 is 0 Å². The Morgan fingerprint density at radius 3 is 2.50 bits per heavy atom. The molecular formula is C23H19N3O3S. The van der Waals surface area contributed by atoms with Crippen molar-refractivity contribution in [3.8, 4) is 11.5 Å². The third-order valence-electron chi connectivity index (χ3n) is 4.26. The molecule has 0 saturated carbocycles. The van der Waals surface area contributed by atoms with Crippen molar-refractivity contribution in [2.45, 2.75) is 6.61 Å². The predicted octanol–water partition coefficient (Wildman–Crippen LogP) is 5.20. The Balaban J connectivity index is 1.47. The molecule has 3 aromatic rings. The van der Waals surface area contributed by atoms with E-state index in [4.69, 9.17) is 9.47 Å². The molecular weight excluding hydrogens is 398 g/mol. The quantitative estimate of drug-likeness (QED) is 0.597. The molecule has 6 nitrogen and oxygen atoms in total. The lowest BCUT2D eigenvalue weighted by Crippen LogP contribution is -2.18. The number of hydrogen-bond donors (Lipinski definition) is 1. The predicted molar refractivity (Wildman–Crippen MR) is 119 cm³/mol. The van der Waals surface area contributed by atoms with Gasteiger partial charge in [-0.15, -0.1) is 0 Å². The number of thioether (sulfide) groups is 1. The summed E-state index contributed by atoms with van der Waals surface area (Å²) in [6, 6.07) is 20.7. The minimum absolute atomic E-state index is 0.149. The molecule has 1 fully saturated rings. The van der Waals surface area contributed by atoms with Gasteiger partial charge in [-0.3, -0.25) is 9.78 Å². The molecule has 0 aliphatic carbocycles. The highest BCUT2D eigenvalue weighted by molar-refractivity contribution is 8.18. The van der Waals surface area contributed by atoms with Crippen molar-refractivity contribution >= 4 is 34.6 Å². The van der Waals surface area contributed by atoms with Crippen LogP contribution < -0.4 is 14.8 Å². The SMILES string of the molecule is COc1ccc(N=C2NC(=O)SC2=Cc2ccc(OCc3ccccn3)cc2)cc1. The molecule has 2 aromatic carbocycles. The summed E-state index contributed by atoms with van der Waals surface area (Å²) < 4.78 is 10.9. The van der Waals surface area contributed by atoms with Gasteiger partial charge in [-0.2, -0.15) is 0 Å². The largest absolute Gasteiger partial charge is 0.497 e. The van der Waals surface area contributed by atoms with Gasteiger partial charge in [-0.05, 0) is 71.9 Å². The van der Waals surface area contributed by atoms with Crippen LogP contribution in [-0.2, 0) is 6.61 Å². The molecule has 4 rings (SSSR count). The summed E-state index contributed by atoms with van der Waals surface area (Å²) >= 11 is 1.12. The fraction of sp³-hybridized carbons (Fsp3) is 0.0870. The second-order valence-corrected chi connectivity index (χ2v) is 7.38. The van der Waals surface area contributed by atoms with Crippen LogP contribution in [0.25, 0.3) is 6.08 Å². The van der Waals surface area contributed by atoms with Crippen LogP contribution in [0.1, 0.15) is 11.3 Å². The smallest absolute Gasteiger partial charge is 0.289 e. The molecule has 2 heterocycles. The number of carbonyl (C=O) groups excluding carboxylic acids is 1. The Morgan fingerprint density at radius 1 is 1.03 bits per heavy atom. The highest BCUT2D eigenvalue weighted by Crippen LogP contribution is 2.29. The Bertz CT molecular complexity index is 1080. The number of methoxy groups -OCH3 is 1. The standard InChI is InChI=1S/C23H19N3O3S/c1-28-19-11-7-17(8-12-19)25-22-21(30-23(27)26-22)14-16-5-9-20(10-6-16)29-15-18-4-2-3-13-24-18/h2-14H,15H2,1H3,(H,25,26,27). The Morgan fingerprint density at radius 2 is 1.80 bits per heavy atom. The van der Waals surface area contributed by atoms with Gasteiger partial charge in [-0.1, -0.05) is 18.2 Å². The molecule has 1 amide bonds. The van der Waals surface area contributed by atoms with Crippen LogP contribution in [0.3, 0.4) is 0 Å². The first-order valence-corrected chi connectivity index (χ1v) is 10.1. The van der Waals surface area contributed by atoms with Gasteiger partial charge in [0.15, 0.2) is 0 Å². The highest BCUT2D eigenvalue weighted by Gasteiger charge is 2.23. The van der Waals surface area contributed by atoms with Crippen molar-refractivity contribution in [2.75, 3.05) is 7.11 Å². The summed E-state index contributed by atoms with van der Waals surface area (Å²) in [6.45, 7) is 0.411. The third-order valence-corrected chi connectivity index (χ3v) is 5.08. The van der Waals surface area contributed by atoms with Gasteiger partial charge in [0.05, 0.1) is 23.4 Å². The fourth-order valence-corrected chi connectivity index (χ4v) is 3.49. The molecule has 1 N–H and O–H groups in total. The number of aliphatic imine (C=N–C) groups is 1. The maximum atomic E-state index is 11.9. The van der Waals surface area contributed by atoms with Gasteiger partial charge in [0.1, 0.15) is 23.9 Å². The monoisotopic (exact) mass is 417 g/mol. The Kier molecular flexibility index (Phi) is 6.10. The first-order valence-electron chi connectivity index (χ1n) is 9.26. The van der Waals surface area contributed by atoms with Gasteiger partial charge in [-0.25, -0.2) is 4.99 Å². The van der Waals surface area contributed by atoms with Crippen molar-refractivity contribution in [2.24, 2.45) is 4.99 Å². The third kappa shape index (κ3) is 5.07. The normalized spacial score (nSPS) is 16.0. The van der Waals surface area contributed by atoms with Crippen molar-refractivity contribution in [3.63, 3.8) is 0 Å². The molecule has 1 aliphatic heterocycles. The van der Waals surface area contributed by atoms with E-state index in [2.05, 4.69) is 15.3 Å². The number of hydrogen-bond acceptors (Lipinski definition) is 6. The minimum atomic E-state index is -0.149. The zero-order valence-corrected chi connectivity index (χ0v) is 17.1. The van der Waals surface area contributed by atoms with Gasteiger partial charge in [0.2, 0.25) is 0 Å². The van der Waals surface area contributed by atoms with E-state index in [-0.39, 0.29) is 5.24 Å². The van der Waals surface area contributed by atoms with Crippen molar-refractivity contribution < 1.29 is 14.3 Å². The maximum absolute atomic E-state index is 11.9.